The molecule has 0 fully saturated rings. The Bertz CT molecular complexity index is 559. The Morgan fingerprint density at radius 1 is 1.30 bits per heavy atom. The normalized spacial score (nSPS) is 12.4. The zero-order valence-corrected chi connectivity index (χ0v) is 11.6. The number of nitrogens with two attached hydrogens (primary N) is 1. The summed E-state index contributed by atoms with van der Waals surface area (Å²) in [6.45, 7) is 1.46. The summed E-state index contributed by atoms with van der Waals surface area (Å²) in [4.78, 5) is -0.0527. The van der Waals surface area contributed by atoms with Gasteiger partial charge in [-0.15, -0.1) is 0 Å². The van der Waals surface area contributed by atoms with E-state index < -0.39 is 22.6 Å². The summed E-state index contributed by atoms with van der Waals surface area (Å²) < 4.78 is 62.0. The van der Waals surface area contributed by atoms with Crippen LogP contribution in [0.15, 0.2) is 23.1 Å². The highest BCUT2D eigenvalue weighted by atomic mass is 32.2. The van der Waals surface area contributed by atoms with Crippen molar-refractivity contribution in [2.24, 2.45) is 0 Å². The second-order valence-electron chi connectivity index (χ2n) is 4.04. The van der Waals surface area contributed by atoms with Crippen LogP contribution < -0.4 is 15.8 Å². The van der Waals surface area contributed by atoms with Crippen molar-refractivity contribution >= 4 is 21.4 Å². The lowest BCUT2D eigenvalue weighted by Crippen LogP contribution is -2.23. The second-order valence-corrected chi connectivity index (χ2v) is 5.81. The molecule has 0 aromatic heterocycles. The van der Waals surface area contributed by atoms with Gasteiger partial charge in [0.1, 0.15) is 0 Å². The second kappa shape index (κ2) is 6.31. The SMILES string of the molecule is CCNS(=O)(=O)c1ccc(N)c(NCCC(F)(F)F)c1. The molecule has 0 heterocycles. The Morgan fingerprint density at radius 3 is 2.50 bits per heavy atom. The van der Waals surface area contributed by atoms with E-state index >= 15 is 0 Å². The maximum absolute atomic E-state index is 12.1. The van der Waals surface area contributed by atoms with Crippen LogP contribution in [0.4, 0.5) is 24.5 Å². The van der Waals surface area contributed by atoms with Crippen molar-refractivity contribution < 1.29 is 21.6 Å². The molecular weight excluding hydrogens is 295 g/mol. The van der Waals surface area contributed by atoms with E-state index in [0.29, 0.717) is 0 Å². The van der Waals surface area contributed by atoms with Crippen molar-refractivity contribution in [1.82, 2.24) is 4.72 Å². The number of nitrogens with one attached hydrogen (secondary N) is 2. The molecule has 0 atom stereocenters. The zero-order chi connectivity index (χ0) is 15.4. The van der Waals surface area contributed by atoms with Crippen LogP contribution >= 0.6 is 0 Å². The molecular formula is C11H16F3N3O2S. The van der Waals surface area contributed by atoms with Crippen LogP contribution in [-0.2, 0) is 10.0 Å². The van der Waals surface area contributed by atoms with E-state index in [2.05, 4.69) is 10.0 Å². The molecule has 0 aliphatic carbocycles. The minimum absolute atomic E-state index is 0.0527. The van der Waals surface area contributed by atoms with Gasteiger partial charge in [0.05, 0.1) is 22.7 Å². The van der Waals surface area contributed by atoms with Crippen LogP contribution in [0.2, 0.25) is 0 Å². The standard InChI is InChI=1S/C11H16F3N3O2S/c1-2-17-20(18,19)8-3-4-9(15)10(7-8)16-6-5-11(12,13)14/h3-4,7,16-17H,2,5-6,15H2,1H3. The van der Waals surface area contributed by atoms with Gasteiger partial charge in [-0.3, -0.25) is 0 Å². The highest BCUT2D eigenvalue weighted by molar-refractivity contribution is 7.89. The van der Waals surface area contributed by atoms with Crippen molar-refractivity contribution in [3.8, 4) is 0 Å². The average Bonchev–Trinajstić information content (AvgIpc) is 2.29. The average molecular weight is 311 g/mol. The van der Waals surface area contributed by atoms with Gasteiger partial charge in [-0.25, -0.2) is 13.1 Å². The molecule has 9 heteroatoms. The zero-order valence-electron chi connectivity index (χ0n) is 10.8. The molecule has 0 aliphatic heterocycles. The molecule has 114 valence electrons. The summed E-state index contributed by atoms with van der Waals surface area (Å²) in [6, 6.07) is 3.84. The lowest BCUT2D eigenvalue weighted by atomic mass is 10.2. The first kappa shape index (κ1) is 16.6. The molecule has 0 radical (unpaired) electrons. The molecule has 4 N–H and O–H groups in total. The van der Waals surface area contributed by atoms with Gasteiger partial charge >= 0.3 is 6.18 Å². The first-order chi connectivity index (χ1) is 9.15. The molecule has 0 aliphatic rings. The van der Waals surface area contributed by atoms with E-state index in [1.807, 2.05) is 0 Å². The Kier molecular flexibility index (Phi) is 5.23. The molecule has 0 saturated heterocycles. The smallest absolute Gasteiger partial charge is 0.390 e. The lowest BCUT2D eigenvalue weighted by molar-refractivity contribution is -0.131. The lowest BCUT2D eigenvalue weighted by Gasteiger charge is -2.13. The predicted molar refractivity (Wildman–Crippen MR) is 70.9 cm³/mol. The van der Waals surface area contributed by atoms with Crippen LogP contribution in [-0.4, -0.2) is 27.7 Å². The maximum Gasteiger partial charge on any atom is 0.390 e. The highest BCUT2D eigenvalue weighted by Crippen LogP contribution is 2.24. The van der Waals surface area contributed by atoms with Gasteiger partial charge in [0.2, 0.25) is 10.0 Å². The van der Waals surface area contributed by atoms with Crippen LogP contribution in [0, 0.1) is 0 Å². The maximum atomic E-state index is 12.1. The Balaban J connectivity index is 2.87. The van der Waals surface area contributed by atoms with E-state index in [1.54, 1.807) is 6.92 Å². The number of nitrogen functional groups attached to an aromatic ring is 1. The van der Waals surface area contributed by atoms with Crippen LogP contribution in [0.25, 0.3) is 0 Å². The molecule has 20 heavy (non-hydrogen) atoms. The number of anilines is 2. The van der Waals surface area contributed by atoms with Crippen molar-refractivity contribution in [2.75, 3.05) is 24.1 Å². The molecule has 0 saturated carbocycles. The molecule has 0 unspecified atom stereocenters. The van der Waals surface area contributed by atoms with E-state index in [1.165, 1.54) is 18.2 Å². The Hall–Kier alpha value is -1.48. The molecule has 0 spiro atoms. The predicted octanol–water partition coefficient (Wildman–Crippen LogP) is 1.93. The Labute approximate surface area is 115 Å². The number of halogens is 3. The number of benzene rings is 1. The van der Waals surface area contributed by atoms with E-state index in [9.17, 15) is 21.6 Å². The van der Waals surface area contributed by atoms with Gasteiger partial charge in [0, 0.05) is 13.1 Å². The summed E-state index contributed by atoms with van der Waals surface area (Å²) in [5.41, 5.74) is 5.94. The summed E-state index contributed by atoms with van der Waals surface area (Å²) in [6.07, 6.45) is -5.31. The number of hydrogen-bond donors (Lipinski definition) is 3. The highest BCUT2D eigenvalue weighted by Gasteiger charge is 2.26. The Morgan fingerprint density at radius 2 is 1.95 bits per heavy atom. The van der Waals surface area contributed by atoms with Gasteiger partial charge in [-0.1, -0.05) is 6.92 Å². The third-order valence-electron chi connectivity index (χ3n) is 2.39. The van der Waals surface area contributed by atoms with E-state index in [4.69, 9.17) is 5.73 Å². The quantitative estimate of drug-likeness (QED) is 0.701. The van der Waals surface area contributed by atoms with Crippen molar-refractivity contribution in [3.63, 3.8) is 0 Å². The van der Waals surface area contributed by atoms with Crippen molar-refractivity contribution in [1.29, 1.82) is 0 Å². The number of alkyl halides is 3. The fourth-order valence-electron chi connectivity index (χ4n) is 1.47. The summed E-state index contributed by atoms with van der Waals surface area (Å²) in [5.74, 6) is 0. The minimum Gasteiger partial charge on any atom is -0.397 e. The van der Waals surface area contributed by atoms with Crippen molar-refractivity contribution in [2.45, 2.75) is 24.4 Å². The van der Waals surface area contributed by atoms with Crippen LogP contribution in [0.1, 0.15) is 13.3 Å². The number of sulfonamides is 1. The third-order valence-corrected chi connectivity index (χ3v) is 3.94. The molecule has 5 nitrogen and oxygen atoms in total. The summed E-state index contributed by atoms with van der Waals surface area (Å²) in [7, 11) is -3.67. The van der Waals surface area contributed by atoms with Crippen LogP contribution in [0.3, 0.4) is 0 Å². The number of rotatable bonds is 6. The van der Waals surface area contributed by atoms with Gasteiger partial charge in [-0.2, -0.15) is 13.2 Å². The van der Waals surface area contributed by atoms with Gasteiger partial charge < -0.3 is 11.1 Å². The summed E-state index contributed by atoms with van der Waals surface area (Å²) in [5, 5.41) is 2.49. The fourth-order valence-corrected chi connectivity index (χ4v) is 2.53. The largest absolute Gasteiger partial charge is 0.397 e. The van der Waals surface area contributed by atoms with Crippen LogP contribution in [0.5, 0.6) is 0 Å². The van der Waals surface area contributed by atoms with Gasteiger partial charge in [0.15, 0.2) is 0 Å². The fraction of sp³-hybridized carbons (Fsp3) is 0.455. The first-order valence-electron chi connectivity index (χ1n) is 5.85. The van der Waals surface area contributed by atoms with Crippen molar-refractivity contribution in [3.05, 3.63) is 18.2 Å². The van der Waals surface area contributed by atoms with E-state index in [0.717, 1.165) is 0 Å². The molecule has 1 aromatic rings. The third kappa shape index (κ3) is 4.89. The summed E-state index contributed by atoms with van der Waals surface area (Å²) >= 11 is 0. The van der Waals surface area contributed by atoms with E-state index in [-0.39, 0.29) is 29.4 Å². The molecule has 1 rings (SSSR count). The first-order valence-corrected chi connectivity index (χ1v) is 7.34. The molecule has 0 bridgehead atoms. The number of hydrogen-bond acceptors (Lipinski definition) is 4. The van der Waals surface area contributed by atoms with Gasteiger partial charge in [0.25, 0.3) is 0 Å². The molecule has 1 aromatic carbocycles. The molecule has 0 amide bonds. The minimum atomic E-state index is -4.28. The topological polar surface area (TPSA) is 84.2 Å². The monoisotopic (exact) mass is 311 g/mol. The van der Waals surface area contributed by atoms with Gasteiger partial charge in [-0.05, 0) is 18.2 Å².